The van der Waals surface area contributed by atoms with Gasteiger partial charge in [-0.1, -0.05) is 6.07 Å². The van der Waals surface area contributed by atoms with Crippen LogP contribution in [0.4, 0.5) is 16.2 Å². The first-order valence-corrected chi connectivity index (χ1v) is 8.65. The third-order valence-corrected chi connectivity index (χ3v) is 4.28. The van der Waals surface area contributed by atoms with Crippen LogP contribution < -0.4 is 15.0 Å². The molecule has 3 rings (SSSR count). The van der Waals surface area contributed by atoms with E-state index in [1.807, 2.05) is 18.2 Å². The Hall–Kier alpha value is -3.02. The Morgan fingerprint density at radius 3 is 2.81 bits per heavy atom. The van der Waals surface area contributed by atoms with Crippen LogP contribution in [0.2, 0.25) is 0 Å². The molecule has 1 heterocycles. The molecule has 136 valence electrons. The minimum Gasteiger partial charge on any atom is -0.497 e. The summed E-state index contributed by atoms with van der Waals surface area (Å²) in [7, 11) is 1.63. The zero-order chi connectivity index (χ0) is 18.5. The number of amides is 2. The average Bonchev–Trinajstić information content (AvgIpc) is 2.66. The van der Waals surface area contributed by atoms with E-state index in [0.717, 1.165) is 29.8 Å². The lowest BCUT2D eigenvalue weighted by Crippen LogP contribution is -2.35. The smallest absolute Gasteiger partial charge is 0.411 e. The van der Waals surface area contributed by atoms with Crippen LogP contribution in [0, 0.1) is 0 Å². The molecule has 6 heteroatoms. The summed E-state index contributed by atoms with van der Waals surface area (Å²) in [5.74, 6) is 0.697. The minimum atomic E-state index is -0.535. The molecule has 1 aliphatic heterocycles. The zero-order valence-corrected chi connectivity index (χ0v) is 15.0. The summed E-state index contributed by atoms with van der Waals surface area (Å²) < 4.78 is 10.2. The van der Waals surface area contributed by atoms with E-state index in [1.54, 1.807) is 43.2 Å². The maximum absolute atomic E-state index is 13.0. The summed E-state index contributed by atoms with van der Waals surface area (Å²) in [5, 5.41) is 2.63. The molecular weight excluding hydrogens is 332 g/mol. The Bertz CT molecular complexity index is 819. The van der Waals surface area contributed by atoms with Gasteiger partial charge in [-0.3, -0.25) is 10.1 Å². The number of ether oxygens (including phenoxy) is 2. The molecule has 2 aromatic carbocycles. The lowest BCUT2D eigenvalue weighted by Gasteiger charge is -2.30. The zero-order valence-electron chi connectivity index (χ0n) is 15.0. The highest BCUT2D eigenvalue weighted by atomic mass is 16.5. The molecule has 0 saturated heterocycles. The Kier molecular flexibility index (Phi) is 5.41. The topological polar surface area (TPSA) is 67.9 Å². The van der Waals surface area contributed by atoms with Gasteiger partial charge in [-0.05, 0) is 61.7 Å². The number of benzene rings is 2. The highest BCUT2D eigenvalue weighted by Crippen LogP contribution is 2.31. The predicted molar refractivity (Wildman–Crippen MR) is 100 cm³/mol. The average molecular weight is 354 g/mol. The summed E-state index contributed by atoms with van der Waals surface area (Å²) in [6.07, 6.45) is 1.28. The molecule has 0 atom stereocenters. The summed E-state index contributed by atoms with van der Waals surface area (Å²) in [6.45, 7) is 2.69. The number of fused-ring (bicyclic) bond motifs is 1. The summed E-state index contributed by atoms with van der Waals surface area (Å²) in [6, 6.07) is 12.6. The van der Waals surface area contributed by atoms with Crippen molar-refractivity contribution in [1.82, 2.24) is 0 Å². The van der Waals surface area contributed by atoms with Gasteiger partial charge in [0.2, 0.25) is 0 Å². The van der Waals surface area contributed by atoms with E-state index in [2.05, 4.69) is 5.32 Å². The third kappa shape index (κ3) is 3.79. The molecule has 0 aromatic heterocycles. The van der Waals surface area contributed by atoms with Crippen molar-refractivity contribution >= 4 is 23.4 Å². The van der Waals surface area contributed by atoms with Gasteiger partial charge in [0.15, 0.2) is 0 Å². The van der Waals surface area contributed by atoms with E-state index >= 15 is 0 Å². The first-order valence-electron chi connectivity index (χ1n) is 8.65. The molecule has 0 bridgehead atoms. The van der Waals surface area contributed by atoms with Crippen LogP contribution in [0.3, 0.4) is 0 Å². The molecule has 2 amide bonds. The Labute approximate surface area is 152 Å². The number of methoxy groups -OCH3 is 1. The van der Waals surface area contributed by atoms with Crippen molar-refractivity contribution in [2.45, 2.75) is 19.8 Å². The van der Waals surface area contributed by atoms with Crippen molar-refractivity contribution in [2.75, 3.05) is 30.5 Å². The first-order chi connectivity index (χ1) is 12.6. The summed E-state index contributed by atoms with van der Waals surface area (Å²) in [4.78, 5) is 26.4. The standard InChI is InChI=1S/C20H22N2O4/c1-3-26-20(24)21-16-8-4-6-15(12-16)19(23)22-11-5-7-14-13-17(25-2)9-10-18(14)22/h4,6,8-10,12-13H,3,5,7,11H2,1-2H3,(H,21,24). The van der Waals surface area contributed by atoms with Gasteiger partial charge in [0.1, 0.15) is 5.75 Å². The van der Waals surface area contributed by atoms with Crippen LogP contribution in [0.25, 0.3) is 0 Å². The fourth-order valence-electron chi connectivity index (χ4n) is 3.08. The Morgan fingerprint density at radius 2 is 2.04 bits per heavy atom. The van der Waals surface area contributed by atoms with Crippen LogP contribution in [0.15, 0.2) is 42.5 Å². The second-order valence-electron chi connectivity index (χ2n) is 5.98. The quantitative estimate of drug-likeness (QED) is 0.905. The molecule has 0 fully saturated rings. The van der Waals surface area contributed by atoms with Crippen molar-refractivity contribution < 1.29 is 19.1 Å². The molecule has 0 radical (unpaired) electrons. The van der Waals surface area contributed by atoms with Gasteiger partial charge in [0.05, 0.1) is 13.7 Å². The van der Waals surface area contributed by atoms with Gasteiger partial charge in [0.25, 0.3) is 5.91 Å². The van der Waals surface area contributed by atoms with Crippen molar-refractivity contribution in [2.24, 2.45) is 0 Å². The van der Waals surface area contributed by atoms with E-state index in [4.69, 9.17) is 9.47 Å². The van der Waals surface area contributed by atoms with E-state index in [1.165, 1.54) is 0 Å². The van der Waals surface area contributed by atoms with Crippen molar-refractivity contribution in [1.29, 1.82) is 0 Å². The van der Waals surface area contributed by atoms with Gasteiger partial charge in [-0.15, -0.1) is 0 Å². The van der Waals surface area contributed by atoms with Gasteiger partial charge in [0, 0.05) is 23.5 Å². The second-order valence-corrected chi connectivity index (χ2v) is 5.98. The van der Waals surface area contributed by atoms with Crippen molar-refractivity contribution in [3.05, 3.63) is 53.6 Å². The maximum atomic E-state index is 13.0. The van der Waals surface area contributed by atoms with Crippen LogP contribution in [0.5, 0.6) is 5.75 Å². The van der Waals surface area contributed by atoms with Gasteiger partial charge >= 0.3 is 6.09 Å². The van der Waals surface area contributed by atoms with E-state index in [-0.39, 0.29) is 5.91 Å². The Balaban J connectivity index is 1.83. The van der Waals surface area contributed by atoms with Crippen molar-refractivity contribution in [3.63, 3.8) is 0 Å². The number of hydrogen-bond donors (Lipinski definition) is 1. The number of hydrogen-bond acceptors (Lipinski definition) is 4. The Morgan fingerprint density at radius 1 is 1.19 bits per heavy atom. The van der Waals surface area contributed by atoms with Gasteiger partial charge < -0.3 is 14.4 Å². The number of carbonyl (C=O) groups excluding carboxylic acids is 2. The van der Waals surface area contributed by atoms with Gasteiger partial charge in [-0.2, -0.15) is 0 Å². The molecule has 0 unspecified atom stereocenters. The highest BCUT2D eigenvalue weighted by Gasteiger charge is 2.24. The van der Waals surface area contributed by atoms with Crippen molar-refractivity contribution in [3.8, 4) is 5.75 Å². The molecule has 1 aliphatic rings. The fourth-order valence-corrected chi connectivity index (χ4v) is 3.08. The monoisotopic (exact) mass is 354 g/mol. The summed E-state index contributed by atoms with van der Waals surface area (Å²) >= 11 is 0. The van der Waals surface area contributed by atoms with Crippen LogP contribution >= 0.6 is 0 Å². The summed E-state index contributed by atoms with van der Waals surface area (Å²) in [5.41, 5.74) is 3.06. The lowest BCUT2D eigenvalue weighted by atomic mass is 10.00. The maximum Gasteiger partial charge on any atom is 0.411 e. The SMILES string of the molecule is CCOC(=O)Nc1cccc(C(=O)N2CCCc3cc(OC)ccc32)c1. The molecule has 0 aliphatic carbocycles. The largest absolute Gasteiger partial charge is 0.497 e. The number of aryl methyl sites for hydroxylation is 1. The molecule has 1 N–H and O–H groups in total. The minimum absolute atomic E-state index is 0.0939. The number of anilines is 2. The second kappa shape index (κ2) is 7.91. The third-order valence-electron chi connectivity index (χ3n) is 4.28. The first kappa shape index (κ1) is 17.8. The molecule has 0 spiro atoms. The number of nitrogens with zero attached hydrogens (tertiary/aromatic N) is 1. The normalized spacial score (nSPS) is 12.9. The predicted octanol–water partition coefficient (Wildman–Crippen LogP) is 3.86. The molecular formula is C20H22N2O4. The fraction of sp³-hybridized carbons (Fsp3) is 0.300. The highest BCUT2D eigenvalue weighted by molar-refractivity contribution is 6.07. The number of nitrogens with one attached hydrogen (secondary N) is 1. The number of rotatable bonds is 4. The van der Waals surface area contributed by atoms with E-state index in [0.29, 0.717) is 24.4 Å². The molecule has 0 saturated carbocycles. The van der Waals surface area contributed by atoms with E-state index in [9.17, 15) is 9.59 Å². The molecule has 2 aromatic rings. The van der Waals surface area contributed by atoms with Gasteiger partial charge in [-0.25, -0.2) is 4.79 Å². The van der Waals surface area contributed by atoms with Crippen LogP contribution in [-0.2, 0) is 11.2 Å². The lowest BCUT2D eigenvalue weighted by molar-refractivity contribution is 0.0985. The number of carbonyl (C=O) groups is 2. The molecule has 6 nitrogen and oxygen atoms in total. The molecule has 26 heavy (non-hydrogen) atoms. The van der Waals surface area contributed by atoms with E-state index < -0.39 is 6.09 Å². The van der Waals surface area contributed by atoms with Crippen LogP contribution in [-0.4, -0.2) is 32.3 Å². The van der Waals surface area contributed by atoms with Crippen LogP contribution in [0.1, 0.15) is 29.3 Å².